The highest BCUT2D eigenvalue weighted by molar-refractivity contribution is 7.89. The van der Waals surface area contributed by atoms with Crippen LogP contribution < -0.4 is 0 Å². The summed E-state index contributed by atoms with van der Waals surface area (Å²) in [5.41, 5.74) is -0.111. The highest BCUT2D eigenvalue weighted by Crippen LogP contribution is 2.30. The van der Waals surface area contributed by atoms with Crippen molar-refractivity contribution >= 4 is 10.0 Å². The molecule has 7 nitrogen and oxygen atoms in total. The van der Waals surface area contributed by atoms with E-state index in [1.165, 1.54) is 23.5 Å². The summed E-state index contributed by atoms with van der Waals surface area (Å²) in [7, 11) is -1.96. The Kier molecular flexibility index (Phi) is 5.64. The number of hydrogen-bond acceptors (Lipinski definition) is 6. The van der Waals surface area contributed by atoms with Crippen LogP contribution in [-0.4, -0.2) is 54.4 Å². The molecule has 0 amide bonds. The summed E-state index contributed by atoms with van der Waals surface area (Å²) in [4.78, 5) is 4.39. The molecule has 2 heterocycles. The predicted octanol–water partition coefficient (Wildman–Crippen LogP) is 2.81. The lowest BCUT2D eigenvalue weighted by Crippen LogP contribution is -2.45. The van der Waals surface area contributed by atoms with E-state index >= 15 is 0 Å². The molecule has 148 valence electrons. The van der Waals surface area contributed by atoms with Gasteiger partial charge in [0.2, 0.25) is 21.7 Å². The molecule has 1 aliphatic rings. The number of ether oxygens (including phenoxy) is 1. The first-order chi connectivity index (χ1) is 12.7. The lowest BCUT2D eigenvalue weighted by molar-refractivity contribution is 0.0414. The van der Waals surface area contributed by atoms with Gasteiger partial charge in [0.1, 0.15) is 5.82 Å². The first-order valence-corrected chi connectivity index (χ1v) is 10.4. The van der Waals surface area contributed by atoms with Gasteiger partial charge in [0.05, 0.1) is 17.3 Å². The molecule has 1 fully saturated rings. The summed E-state index contributed by atoms with van der Waals surface area (Å²) in [6.07, 6.45) is 1.48. The van der Waals surface area contributed by atoms with Gasteiger partial charge in [0.15, 0.2) is 0 Å². The van der Waals surface area contributed by atoms with Gasteiger partial charge in [-0.1, -0.05) is 5.16 Å². The van der Waals surface area contributed by atoms with Crippen molar-refractivity contribution in [3.63, 3.8) is 0 Å². The summed E-state index contributed by atoms with van der Waals surface area (Å²) in [5.74, 6) is 0.176. The summed E-state index contributed by atoms with van der Waals surface area (Å²) >= 11 is 0. The van der Waals surface area contributed by atoms with Crippen LogP contribution in [0.2, 0.25) is 0 Å². The van der Waals surface area contributed by atoms with Crippen molar-refractivity contribution in [3.05, 3.63) is 36.0 Å². The third-order valence-electron chi connectivity index (χ3n) is 4.75. The second kappa shape index (κ2) is 7.65. The first-order valence-electron chi connectivity index (χ1n) is 8.83. The molecule has 1 saturated heterocycles. The Bertz CT molecular complexity index is 880. The van der Waals surface area contributed by atoms with Crippen LogP contribution in [0.15, 0.2) is 28.8 Å². The lowest BCUT2D eigenvalue weighted by Gasteiger charge is -2.33. The van der Waals surface area contributed by atoms with E-state index in [0.29, 0.717) is 36.8 Å². The second-order valence-electron chi connectivity index (χ2n) is 7.38. The predicted molar refractivity (Wildman–Crippen MR) is 98.1 cm³/mol. The molecule has 2 aromatic rings. The van der Waals surface area contributed by atoms with Crippen molar-refractivity contribution in [1.82, 2.24) is 14.4 Å². The van der Waals surface area contributed by atoms with Gasteiger partial charge in [-0.3, -0.25) is 0 Å². The summed E-state index contributed by atoms with van der Waals surface area (Å²) in [5, 5.41) is 3.95. The molecule has 0 spiro atoms. The van der Waals surface area contributed by atoms with Crippen LogP contribution >= 0.6 is 0 Å². The van der Waals surface area contributed by atoms with Crippen molar-refractivity contribution in [2.24, 2.45) is 0 Å². The molecule has 0 radical (unpaired) electrons. The fourth-order valence-corrected chi connectivity index (χ4v) is 5.10. The van der Waals surface area contributed by atoms with Gasteiger partial charge in [-0.25, -0.2) is 17.1 Å². The fraction of sp³-hybridized carbons (Fsp3) is 0.556. The molecule has 0 aliphatic carbocycles. The number of halogens is 1. The van der Waals surface area contributed by atoms with Gasteiger partial charge in [-0.2, -0.15) is 4.98 Å². The van der Waals surface area contributed by atoms with E-state index in [1.807, 2.05) is 0 Å². The second-order valence-corrected chi connectivity index (χ2v) is 9.35. The first kappa shape index (κ1) is 19.9. The van der Waals surface area contributed by atoms with Crippen LogP contribution in [0, 0.1) is 5.82 Å². The lowest BCUT2D eigenvalue weighted by atomic mass is 10.00. The van der Waals surface area contributed by atoms with Gasteiger partial charge in [0.25, 0.3) is 0 Å². The van der Waals surface area contributed by atoms with Crippen molar-refractivity contribution < 1.29 is 22.1 Å². The number of aromatic nitrogens is 2. The van der Waals surface area contributed by atoms with E-state index in [2.05, 4.69) is 10.1 Å². The maximum Gasteiger partial charge on any atom is 0.231 e. The standard InChI is InChI=1S/C18H24FN3O4S/c1-18(2,25-3)12-27(23,24)22-10-4-5-14(11-22)17-20-16(21-26-17)13-6-8-15(19)9-7-13/h6-9,14H,4-5,10-12H2,1-3H3. The van der Waals surface area contributed by atoms with Crippen molar-refractivity contribution in [2.75, 3.05) is 26.0 Å². The smallest absolute Gasteiger partial charge is 0.231 e. The van der Waals surface area contributed by atoms with E-state index in [4.69, 9.17) is 9.26 Å². The number of rotatable bonds is 6. The van der Waals surface area contributed by atoms with Crippen LogP contribution in [0.1, 0.15) is 38.5 Å². The number of nitrogens with zero attached hydrogens (tertiary/aromatic N) is 3. The van der Waals surface area contributed by atoms with Gasteiger partial charge in [0, 0.05) is 25.8 Å². The van der Waals surface area contributed by atoms with Crippen molar-refractivity contribution in [1.29, 1.82) is 0 Å². The topological polar surface area (TPSA) is 85.5 Å². The van der Waals surface area contributed by atoms with Crippen molar-refractivity contribution in [2.45, 2.75) is 38.2 Å². The molecule has 1 aromatic heterocycles. The largest absolute Gasteiger partial charge is 0.378 e. The fourth-order valence-electron chi connectivity index (χ4n) is 3.10. The number of methoxy groups -OCH3 is 1. The zero-order valence-electron chi connectivity index (χ0n) is 15.7. The Morgan fingerprint density at radius 1 is 1.33 bits per heavy atom. The maximum absolute atomic E-state index is 13.1. The van der Waals surface area contributed by atoms with Crippen molar-refractivity contribution in [3.8, 4) is 11.4 Å². The summed E-state index contributed by atoms with van der Waals surface area (Å²) in [6.45, 7) is 4.27. The van der Waals surface area contributed by atoms with Gasteiger partial charge in [-0.15, -0.1) is 0 Å². The normalized spacial score (nSPS) is 19.3. The minimum absolute atomic E-state index is 0.0894. The zero-order valence-corrected chi connectivity index (χ0v) is 16.5. The Morgan fingerprint density at radius 2 is 2.04 bits per heavy atom. The molecule has 0 bridgehead atoms. The Hall–Kier alpha value is -1.84. The van der Waals surface area contributed by atoms with Crippen LogP contribution in [0.4, 0.5) is 4.39 Å². The maximum atomic E-state index is 13.1. The van der Waals surface area contributed by atoms with Crippen LogP contribution in [0.3, 0.4) is 0 Å². The molecule has 9 heteroatoms. The molecular formula is C18H24FN3O4S. The van der Waals surface area contributed by atoms with Gasteiger partial charge in [-0.05, 0) is 51.0 Å². The van der Waals surface area contributed by atoms with Crippen LogP contribution in [0.25, 0.3) is 11.4 Å². The van der Waals surface area contributed by atoms with Crippen LogP contribution in [-0.2, 0) is 14.8 Å². The highest BCUT2D eigenvalue weighted by Gasteiger charge is 2.36. The van der Waals surface area contributed by atoms with Gasteiger partial charge < -0.3 is 9.26 Å². The average molecular weight is 397 g/mol. The Morgan fingerprint density at radius 3 is 2.70 bits per heavy atom. The molecular weight excluding hydrogens is 373 g/mol. The minimum atomic E-state index is -3.47. The van der Waals surface area contributed by atoms with E-state index < -0.39 is 15.6 Å². The van der Waals surface area contributed by atoms with E-state index in [-0.39, 0.29) is 17.5 Å². The molecule has 0 saturated carbocycles. The van der Waals surface area contributed by atoms with E-state index in [1.54, 1.807) is 26.0 Å². The van der Waals surface area contributed by atoms with E-state index in [0.717, 1.165) is 6.42 Å². The molecule has 1 aliphatic heterocycles. The summed E-state index contributed by atoms with van der Waals surface area (Å²) in [6, 6.07) is 5.82. The SMILES string of the molecule is COC(C)(C)CS(=O)(=O)N1CCCC(c2nc(-c3ccc(F)cc3)no2)C1. The third kappa shape index (κ3) is 4.72. The molecule has 0 N–H and O–H groups in total. The highest BCUT2D eigenvalue weighted by atomic mass is 32.2. The number of sulfonamides is 1. The van der Waals surface area contributed by atoms with Gasteiger partial charge >= 0.3 is 0 Å². The monoisotopic (exact) mass is 397 g/mol. The molecule has 1 unspecified atom stereocenters. The molecule has 3 rings (SSSR count). The number of benzene rings is 1. The van der Waals surface area contributed by atoms with Crippen LogP contribution in [0.5, 0.6) is 0 Å². The third-order valence-corrected chi connectivity index (χ3v) is 6.93. The Labute approximate surface area is 158 Å². The molecule has 1 atom stereocenters. The minimum Gasteiger partial charge on any atom is -0.378 e. The molecule has 1 aromatic carbocycles. The zero-order chi connectivity index (χ0) is 19.7. The summed E-state index contributed by atoms with van der Waals surface area (Å²) < 4.78 is 50.6. The van der Waals surface area contributed by atoms with E-state index in [9.17, 15) is 12.8 Å². The Balaban J connectivity index is 1.74. The number of hydrogen-bond donors (Lipinski definition) is 0. The quantitative estimate of drug-likeness (QED) is 0.745. The number of piperidine rings is 1. The molecule has 27 heavy (non-hydrogen) atoms. The average Bonchev–Trinajstić information content (AvgIpc) is 3.12.